The van der Waals surface area contributed by atoms with Crippen molar-refractivity contribution in [1.82, 2.24) is 5.32 Å². The maximum Gasteiger partial charge on any atom is 0.265 e. The van der Waals surface area contributed by atoms with E-state index in [2.05, 4.69) is 10.6 Å². The van der Waals surface area contributed by atoms with Gasteiger partial charge in [-0.1, -0.05) is 65.5 Å². The Balaban J connectivity index is 1.44. The Hall–Kier alpha value is -3.52. The summed E-state index contributed by atoms with van der Waals surface area (Å²) in [6, 6.07) is 15.2. The first-order chi connectivity index (χ1) is 18.5. The molecule has 39 heavy (non-hydrogen) atoms. The van der Waals surface area contributed by atoms with Gasteiger partial charge in [-0.15, -0.1) is 0 Å². The highest BCUT2D eigenvalue weighted by molar-refractivity contribution is 6.42. The molecule has 1 aliphatic rings. The molecule has 0 fully saturated rings. The van der Waals surface area contributed by atoms with Crippen LogP contribution in [0.2, 0.25) is 15.1 Å². The van der Waals surface area contributed by atoms with Gasteiger partial charge in [-0.25, -0.2) is 0 Å². The van der Waals surface area contributed by atoms with Crippen LogP contribution < -0.4 is 20.3 Å². The number of ether oxygens (including phenoxy) is 1. The topological polar surface area (TPSA) is 87.7 Å². The first kappa shape index (κ1) is 28.5. The average molecular weight is 587 g/mol. The maximum absolute atomic E-state index is 13.0. The summed E-state index contributed by atoms with van der Waals surface area (Å²) >= 11 is 18.5. The molecule has 202 valence electrons. The number of halogens is 3. The zero-order valence-corrected chi connectivity index (χ0v) is 23.7. The molecule has 3 aromatic carbocycles. The van der Waals surface area contributed by atoms with E-state index in [1.807, 2.05) is 39.0 Å². The Morgan fingerprint density at radius 1 is 1.00 bits per heavy atom. The fraction of sp³-hybridized carbons (Fsp3) is 0.207. The van der Waals surface area contributed by atoms with Crippen LogP contribution in [0.3, 0.4) is 0 Å². The summed E-state index contributed by atoms with van der Waals surface area (Å²) in [5.74, 6) is -0.442. The third kappa shape index (κ3) is 6.74. The molecule has 1 unspecified atom stereocenters. The van der Waals surface area contributed by atoms with Gasteiger partial charge >= 0.3 is 0 Å². The molecule has 1 aliphatic heterocycles. The number of nitrogens with one attached hydrogen (secondary N) is 2. The zero-order chi connectivity index (χ0) is 28.3. The van der Waals surface area contributed by atoms with Gasteiger partial charge in [0.25, 0.3) is 11.8 Å². The van der Waals surface area contributed by atoms with Crippen LogP contribution in [0.4, 0.5) is 11.4 Å². The Bertz CT molecular complexity index is 1470. The number of carbonyl (C=O) groups excluding carboxylic acids is 3. The van der Waals surface area contributed by atoms with Crippen molar-refractivity contribution in [1.29, 1.82) is 0 Å². The summed E-state index contributed by atoms with van der Waals surface area (Å²) in [4.78, 5) is 39.9. The molecule has 0 saturated heterocycles. The highest BCUT2D eigenvalue weighted by Crippen LogP contribution is 2.39. The predicted molar refractivity (Wildman–Crippen MR) is 155 cm³/mol. The Morgan fingerprint density at radius 3 is 2.38 bits per heavy atom. The fourth-order valence-corrected chi connectivity index (χ4v) is 5.14. The molecule has 10 heteroatoms. The number of amides is 3. The molecule has 1 heterocycles. The lowest BCUT2D eigenvalue weighted by Gasteiger charge is -2.19. The quantitative estimate of drug-likeness (QED) is 0.296. The number of hydrogen-bond acceptors (Lipinski definition) is 4. The van der Waals surface area contributed by atoms with Gasteiger partial charge in [0.2, 0.25) is 5.91 Å². The van der Waals surface area contributed by atoms with Crippen molar-refractivity contribution in [2.24, 2.45) is 0 Å². The van der Waals surface area contributed by atoms with Gasteiger partial charge in [0.05, 0.1) is 22.2 Å². The van der Waals surface area contributed by atoms with E-state index in [1.165, 1.54) is 23.2 Å². The third-order valence-corrected chi connectivity index (χ3v) is 6.84. The van der Waals surface area contributed by atoms with Crippen molar-refractivity contribution < 1.29 is 19.1 Å². The minimum atomic E-state index is -0.712. The van der Waals surface area contributed by atoms with Crippen LogP contribution >= 0.6 is 34.8 Å². The van der Waals surface area contributed by atoms with Gasteiger partial charge in [-0.2, -0.15) is 0 Å². The fourth-order valence-electron chi connectivity index (χ4n) is 4.14. The van der Waals surface area contributed by atoms with E-state index in [9.17, 15) is 14.4 Å². The minimum Gasteiger partial charge on any atom is -0.480 e. The zero-order valence-electron chi connectivity index (χ0n) is 21.5. The summed E-state index contributed by atoms with van der Waals surface area (Å²) in [5.41, 5.74) is 3.44. The van der Waals surface area contributed by atoms with Crippen molar-refractivity contribution in [3.63, 3.8) is 0 Å². The van der Waals surface area contributed by atoms with Gasteiger partial charge in [0.1, 0.15) is 5.75 Å². The molecule has 0 bridgehead atoms. The van der Waals surface area contributed by atoms with Gasteiger partial charge in [0, 0.05) is 28.2 Å². The number of rotatable bonds is 8. The summed E-state index contributed by atoms with van der Waals surface area (Å²) < 4.78 is 5.97. The minimum absolute atomic E-state index is 0.0502. The standard InChI is InChI=1S/C29H26Cl3N3O4/c1-4-24(39-25-9-8-16(2)10-17(25)3)29(38)33-20-7-5-6-18(11-20)28(37)34-21-14-26(36)35(15-21)27-22(31)12-19(30)13-23(27)32/h5-13,15,24H,4,14H2,1-3H3,(H,33,38)(H,34,37). The Labute approximate surface area is 241 Å². The number of anilines is 2. The number of benzene rings is 3. The van der Waals surface area contributed by atoms with Crippen LogP contribution in [-0.4, -0.2) is 23.8 Å². The number of hydrogen-bond donors (Lipinski definition) is 2. The SMILES string of the molecule is CCC(Oc1ccc(C)cc1C)C(=O)Nc1cccc(C(=O)NC2=CN(c3c(Cl)cc(Cl)cc3Cl)C(=O)C2)c1. The predicted octanol–water partition coefficient (Wildman–Crippen LogP) is 7.07. The molecule has 7 nitrogen and oxygen atoms in total. The monoisotopic (exact) mass is 585 g/mol. The van der Waals surface area contributed by atoms with Gasteiger partial charge in [-0.05, 0) is 62.2 Å². The molecular formula is C29H26Cl3N3O4. The van der Waals surface area contributed by atoms with E-state index in [0.717, 1.165) is 11.1 Å². The highest BCUT2D eigenvalue weighted by atomic mass is 35.5. The van der Waals surface area contributed by atoms with Crippen LogP contribution in [0.5, 0.6) is 5.75 Å². The van der Waals surface area contributed by atoms with Crippen LogP contribution in [-0.2, 0) is 9.59 Å². The lowest BCUT2D eigenvalue weighted by Crippen LogP contribution is -2.32. The number of carbonyl (C=O) groups is 3. The second-order valence-corrected chi connectivity index (χ2v) is 10.4. The highest BCUT2D eigenvalue weighted by Gasteiger charge is 2.28. The van der Waals surface area contributed by atoms with E-state index < -0.39 is 12.0 Å². The van der Waals surface area contributed by atoms with E-state index in [4.69, 9.17) is 39.5 Å². The molecule has 0 saturated carbocycles. The van der Waals surface area contributed by atoms with E-state index in [0.29, 0.717) is 34.1 Å². The molecule has 0 aromatic heterocycles. The maximum atomic E-state index is 13.0. The number of nitrogens with zero attached hydrogens (tertiary/aromatic N) is 1. The summed E-state index contributed by atoms with van der Waals surface area (Å²) in [5, 5.41) is 6.32. The Kier molecular flexibility index (Phi) is 8.85. The van der Waals surface area contributed by atoms with E-state index in [1.54, 1.807) is 24.3 Å². The van der Waals surface area contributed by atoms with Crippen LogP contribution in [0.1, 0.15) is 41.3 Å². The molecule has 3 amide bonds. The van der Waals surface area contributed by atoms with Gasteiger partial charge < -0.3 is 15.4 Å². The van der Waals surface area contributed by atoms with Crippen LogP contribution in [0.25, 0.3) is 0 Å². The summed E-state index contributed by atoms with van der Waals surface area (Å²) in [6.45, 7) is 5.79. The lowest BCUT2D eigenvalue weighted by atomic mass is 10.1. The van der Waals surface area contributed by atoms with Crippen LogP contribution in [0.15, 0.2) is 66.5 Å². The lowest BCUT2D eigenvalue weighted by molar-refractivity contribution is -0.122. The van der Waals surface area contributed by atoms with Crippen molar-refractivity contribution >= 4 is 63.9 Å². The van der Waals surface area contributed by atoms with E-state index >= 15 is 0 Å². The van der Waals surface area contributed by atoms with Crippen molar-refractivity contribution in [3.05, 3.63) is 98.3 Å². The second-order valence-electron chi connectivity index (χ2n) is 9.12. The smallest absolute Gasteiger partial charge is 0.265 e. The first-order valence-electron chi connectivity index (χ1n) is 12.2. The molecular weight excluding hydrogens is 561 g/mol. The second kappa shape index (κ2) is 12.1. The van der Waals surface area contributed by atoms with Crippen molar-refractivity contribution in [2.45, 2.75) is 39.7 Å². The normalized spacial score (nSPS) is 13.6. The van der Waals surface area contributed by atoms with Gasteiger partial charge in [0.15, 0.2) is 6.10 Å². The van der Waals surface area contributed by atoms with E-state index in [-0.39, 0.29) is 34.0 Å². The van der Waals surface area contributed by atoms with Crippen molar-refractivity contribution in [3.8, 4) is 5.75 Å². The summed E-state index contributed by atoms with van der Waals surface area (Å²) in [7, 11) is 0. The van der Waals surface area contributed by atoms with Gasteiger partial charge in [-0.3, -0.25) is 19.3 Å². The molecule has 0 aliphatic carbocycles. The first-order valence-corrected chi connectivity index (χ1v) is 13.3. The van der Waals surface area contributed by atoms with Crippen LogP contribution in [0, 0.1) is 13.8 Å². The molecule has 2 N–H and O–H groups in total. The largest absolute Gasteiger partial charge is 0.480 e. The molecule has 3 aromatic rings. The molecule has 0 spiro atoms. The Morgan fingerprint density at radius 2 is 1.72 bits per heavy atom. The molecule has 1 atom stereocenters. The number of aryl methyl sites for hydroxylation is 2. The third-order valence-electron chi connectivity index (χ3n) is 6.05. The molecule has 0 radical (unpaired) electrons. The molecule has 4 rings (SSSR count). The van der Waals surface area contributed by atoms with Crippen molar-refractivity contribution in [2.75, 3.05) is 10.2 Å². The average Bonchev–Trinajstić information content (AvgIpc) is 3.22. The summed E-state index contributed by atoms with van der Waals surface area (Å²) in [6.07, 6.45) is 1.17.